The highest BCUT2D eigenvalue weighted by molar-refractivity contribution is 9.10. The quantitative estimate of drug-likeness (QED) is 0.618. The predicted molar refractivity (Wildman–Crippen MR) is 65.2 cm³/mol. The van der Waals surface area contributed by atoms with E-state index in [1.807, 2.05) is 6.92 Å². The fourth-order valence-corrected chi connectivity index (χ4v) is 2.10. The molecule has 1 aromatic rings. The molecule has 1 aliphatic rings. The number of hydrazine groups is 1. The van der Waals surface area contributed by atoms with Crippen LogP contribution in [0.15, 0.2) is 10.7 Å². The van der Waals surface area contributed by atoms with Crippen molar-refractivity contribution in [1.29, 1.82) is 0 Å². The molecule has 1 atom stereocenters. The molecular formula is C9H14BrN5O. The van der Waals surface area contributed by atoms with Crippen LogP contribution in [0.2, 0.25) is 0 Å². The first kappa shape index (κ1) is 11.6. The number of nitrogens with zero attached hydrogens (tertiary/aromatic N) is 3. The van der Waals surface area contributed by atoms with Gasteiger partial charge in [0.05, 0.1) is 17.2 Å². The van der Waals surface area contributed by atoms with Crippen molar-refractivity contribution < 1.29 is 4.74 Å². The molecule has 6 nitrogen and oxygen atoms in total. The summed E-state index contributed by atoms with van der Waals surface area (Å²) in [6, 6.07) is 0. The molecule has 1 unspecified atom stereocenters. The van der Waals surface area contributed by atoms with Crippen molar-refractivity contribution in [3.05, 3.63) is 10.7 Å². The lowest BCUT2D eigenvalue weighted by molar-refractivity contribution is 0.0529. The molecule has 0 saturated carbocycles. The number of ether oxygens (including phenoxy) is 1. The average Bonchev–Trinajstić information content (AvgIpc) is 2.30. The molecule has 88 valence electrons. The largest absolute Gasteiger partial charge is 0.375 e. The van der Waals surface area contributed by atoms with Crippen molar-refractivity contribution in [3.63, 3.8) is 0 Å². The van der Waals surface area contributed by atoms with Gasteiger partial charge in [-0.25, -0.2) is 10.8 Å². The van der Waals surface area contributed by atoms with Gasteiger partial charge in [-0.05, 0) is 22.9 Å². The fraction of sp³-hybridized carbons (Fsp3) is 0.556. The maximum absolute atomic E-state index is 5.49. The molecule has 1 aliphatic heterocycles. The van der Waals surface area contributed by atoms with E-state index in [1.165, 1.54) is 0 Å². The number of hydrogen-bond donors (Lipinski definition) is 2. The minimum absolute atomic E-state index is 0.213. The summed E-state index contributed by atoms with van der Waals surface area (Å²) >= 11 is 3.44. The van der Waals surface area contributed by atoms with E-state index in [-0.39, 0.29) is 6.10 Å². The number of aromatic nitrogens is 2. The first-order chi connectivity index (χ1) is 7.70. The maximum atomic E-state index is 5.49. The number of nitrogens with two attached hydrogens (primary N) is 1. The highest BCUT2D eigenvalue weighted by atomic mass is 79.9. The molecule has 2 heterocycles. The Kier molecular flexibility index (Phi) is 3.57. The van der Waals surface area contributed by atoms with Crippen molar-refractivity contribution >= 4 is 27.7 Å². The third kappa shape index (κ3) is 2.42. The fourth-order valence-electron chi connectivity index (χ4n) is 1.66. The summed E-state index contributed by atoms with van der Waals surface area (Å²) in [6.45, 7) is 4.40. The summed E-state index contributed by atoms with van der Waals surface area (Å²) in [6.07, 6.45) is 1.90. The van der Waals surface area contributed by atoms with Crippen LogP contribution >= 0.6 is 15.9 Å². The van der Waals surface area contributed by atoms with Crippen molar-refractivity contribution in [2.75, 3.05) is 30.0 Å². The number of morpholine rings is 1. The predicted octanol–water partition coefficient (Wildman–Crippen LogP) is 0.750. The Morgan fingerprint density at radius 1 is 1.69 bits per heavy atom. The maximum Gasteiger partial charge on any atom is 0.239 e. The minimum atomic E-state index is 0.213. The summed E-state index contributed by atoms with van der Waals surface area (Å²) in [5.74, 6) is 6.55. The highest BCUT2D eigenvalue weighted by Gasteiger charge is 2.20. The van der Waals surface area contributed by atoms with Crippen LogP contribution in [0, 0.1) is 0 Å². The van der Waals surface area contributed by atoms with Crippen LogP contribution in [0.1, 0.15) is 6.92 Å². The van der Waals surface area contributed by atoms with Crippen molar-refractivity contribution in [2.24, 2.45) is 5.84 Å². The molecule has 1 fully saturated rings. The summed E-state index contributed by atoms with van der Waals surface area (Å²) in [7, 11) is 0. The Labute approximate surface area is 102 Å². The van der Waals surface area contributed by atoms with E-state index < -0.39 is 0 Å². The van der Waals surface area contributed by atoms with E-state index in [2.05, 4.69) is 36.2 Å². The van der Waals surface area contributed by atoms with Crippen molar-refractivity contribution in [3.8, 4) is 0 Å². The van der Waals surface area contributed by atoms with Gasteiger partial charge in [0.15, 0.2) is 0 Å². The summed E-state index contributed by atoms with van der Waals surface area (Å²) in [4.78, 5) is 10.5. The molecule has 3 N–H and O–H groups in total. The van der Waals surface area contributed by atoms with E-state index in [0.29, 0.717) is 12.6 Å². The third-order valence-electron chi connectivity index (χ3n) is 2.40. The lowest BCUT2D eigenvalue weighted by atomic mass is 10.3. The number of nitrogen functional groups attached to an aromatic ring is 1. The standard InChI is InChI=1S/C9H14BrN5O/c1-6-5-15(2-3-16-6)8-7(10)4-12-9(13-8)14-11/h4,6H,2-3,5,11H2,1H3,(H,12,13,14). The third-order valence-corrected chi connectivity index (χ3v) is 2.95. The van der Waals surface area contributed by atoms with Crippen molar-refractivity contribution in [1.82, 2.24) is 9.97 Å². The molecule has 7 heteroatoms. The first-order valence-electron chi connectivity index (χ1n) is 5.06. The summed E-state index contributed by atoms with van der Waals surface area (Å²) in [5.41, 5.74) is 2.44. The smallest absolute Gasteiger partial charge is 0.239 e. The molecule has 0 aromatic carbocycles. The average molecular weight is 288 g/mol. The number of nitrogens with one attached hydrogen (secondary N) is 1. The van der Waals surface area contributed by atoms with Gasteiger partial charge in [-0.2, -0.15) is 4.98 Å². The Balaban J connectivity index is 2.24. The van der Waals surface area contributed by atoms with E-state index in [0.717, 1.165) is 23.4 Å². The lowest BCUT2D eigenvalue weighted by Gasteiger charge is -2.32. The highest BCUT2D eigenvalue weighted by Crippen LogP contribution is 2.25. The Morgan fingerprint density at radius 2 is 2.50 bits per heavy atom. The van der Waals surface area contributed by atoms with Crippen LogP contribution in [-0.4, -0.2) is 35.8 Å². The van der Waals surface area contributed by atoms with E-state index in [9.17, 15) is 0 Å². The second kappa shape index (κ2) is 4.94. The van der Waals surface area contributed by atoms with Gasteiger partial charge in [0.2, 0.25) is 5.95 Å². The molecule has 2 rings (SSSR count). The normalized spacial score (nSPS) is 20.9. The monoisotopic (exact) mass is 287 g/mol. The minimum Gasteiger partial charge on any atom is -0.375 e. The number of anilines is 2. The molecule has 16 heavy (non-hydrogen) atoms. The van der Waals surface area contributed by atoms with Gasteiger partial charge in [0, 0.05) is 19.3 Å². The Bertz CT molecular complexity index is 375. The molecule has 0 radical (unpaired) electrons. The first-order valence-corrected chi connectivity index (χ1v) is 5.85. The second-order valence-electron chi connectivity index (χ2n) is 3.64. The van der Waals surface area contributed by atoms with Crippen LogP contribution in [0.25, 0.3) is 0 Å². The molecule has 0 bridgehead atoms. The number of hydrogen-bond acceptors (Lipinski definition) is 6. The number of halogens is 1. The molecule has 0 aliphatic carbocycles. The van der Waals surface area contributed by atoms with Gasteiger partial charge in [0.1, 0.15) is 5.82 Å². The van der Waals surface area contributed by atoms with E-state index in [1.54, 1.807) is 6.20 Å². The van der Waals surface area contributed by atoms with Crippen LogP contribution in [0.3, 0.4) is 0 Å². The van der Waals surface area contributed by atoms with Crippen LogP contribution in [-0.2, 0) is 4.74 Å². The van der Waals surface area contributed by atoms with Gasteiger partial charge in [-0.1, -0.05) is 0 Å². The molecular weight excluding hydrogens is 274 g/mol. The molecule has 1 saturated heterocycles. The second-order valence-corrected chi connectivity index (χ2v) is 4.49. The SMILES string of the molecule is CC1CN(c2nc(NN)ncc2Br)CCO1. The number of rotatable bonds is 2. The van der Waals surface area contributed by atoms with Gasteiger partial charge in [-0.15, -0.1) is 0 Å². The van der Waals surface area contributed by atoms with Crippen molar-refractivity contribution in [2.45, 2.75) is 13.0 Å². The zero-order valence-corrected chi connectivity index (χ0v) is 10.6. The Hall–Kier alpha value is -0.920. The summed E-state index contributed by atoms with van der Waals surface area (Å²) < 4.78 is 6.35. The van der Waals surface area contributed by atoms with Crippen LogP contribution < -0.4 is 16.2 Å². The summed E-state index contributed by atoms with van der Waals surface area (Å²) in [5, 5.41) is 0. The van der Waals surface area contributed by atoms with Crippen LogP contribution in [0.4, 0.5) is 11.8 Å². The molecule has 0 amide bonds. The Morgan fingerprint density at radius 3 is 3.19 bits per heavy atom. The van der Waals surface area contributed by atoms with E-state index >= 15 is 0 Å². The topological polar surface area (TPSA) is 76.3 Å². The van der Waals surface area contributed by atoms with Gasteiger partial charge >= 0.3 is 0 Å². The zero-order valence-electron chi connectivity index (χ0n) is 8.98. The van der Waals surface area contributed by atoms with Gasteiger partial charge in [0.25, 0.3) is 0 Å². The van der Waals surface area contributed by atoms with Gasteiger partial charge in [-0.3, -0.25) is 5.43 Å². The van der Waals surface area contributed by atoms with Gasteiger partial charge < -0.3 is 9.64 Å². The van der Waals surface area contributed by atoms with E-state index in [4.69, 9.17) is 10.6 Å². The lowest BCUT2D eigenvalue weighted by Crippen LogP contribution is -2.41. The molecule has 1 aromatic heterocycles. The van der Waals surface area contributed by atoms with Crippen LogP contribution in [0.5, 0.6) is 0 Å². The zero-order chi connectivity index (χ0) is 11.5. The molecule has 0 spiro atoms.